The van der Waals surface area contributed by atoms with E-state index in [4.69, 9.17) is 0 Å². The minimum atomic E-state index is -0.179. The summed E-state index contributed by atoms with van der Waals surface area (Å²) in [7, 11) is 0. The summed E-state index contributed by atoms with van der Waals surface area (Å²) in [6.07, 6.45) is 7.39. The van der Waals surface area contributed by atoms with Gasteiger partial charge in [0.1, 0.15) is 0 Å². The van der Waals surface area contributed by atoms with Crippen LogP contribution in [0, 0.1) is 0 Å². The molecule has 2 fully saturated rings. The van der Waals surface area contributed by atoms with E-state index in [1.165, 1.54) is 24.9 Å². The number of anilines is 4. The Morgan fingerprint density at radius 1 is 0.917 bits per heavy atom. The third-order valence-corrected chi connectivity index (χ3v) is 7.00. The lowest BCUT2D eigenvalue weighted by Crippen LogP contribution is -2.40. The molecule has 0 bridgehead atoms. The van der Waals surface area contributed by atoms with Crippen LogP contribution in [0.2, 0.25) is 0 Å². The predicted octanol–water partition coefficient (Wildman–Crippen LogP) is 4.27. The summed E-state index contributed by atoms with van der Waals surface area (Å²) < 4.78 is 0. The number of rotatable bonds is 8. The second-order valence-electron chi connectivity index (χ2n) is 9.47. The van der Waals surface area contributed by atoms with Crippen molar-refractivity contribution in [1.29, 1.82) is 0 Å². The predicted molar refractivity (Wildman–Crippen MR) is 144 cm³/mol. The van der Waals surface area contributed by atoms with Gasteiger partial charge in [0.2, 0.25) is 11.9 Å². The number of piperidine rings is 1. The van der Waals surface area contributed by atoms with Gasteiger partial charge in [0.05, 0.1) is 18.3 Å². The zero-order valence-electron chi connectivity index (χ0n) is 20.6. The van der Waals surface area contributed by atoms with E-state index in [2.05, 4.69) is 49.8 Å². The lowest BCUT2D eigenvalue weighted by molar-refractivity contribution is -0.120. The maximum Gasteiger partial charge on any atom is 0.241 e. The minimum Gasteiger partial charge on any atom is -0.395 e. The lowest BCUT2D eigenvalue weighted by atomic mass is 10.1. The van der Waals surface area contributed by atoms with Crippen LogP contribution < -0.4 is 15.5 Å². The number of hydrogen-bond donors (Lipinski definition) is 3. The molecule has 1 unspecified atom stereocenters. The summed E-state index contributed by atoms with van der Waals surface area (Å²) in [5.74, 6) is 0.523. The van der Waals surface area contributed by atoms with Crippen LogP contribution in [0.1, 0.15) is 32.1 Å². The SMILES string of the molecule is O=C(Nc1ccc(-c2ccnc(Nc3ccc(N4CCCCC4)cc3)n2)cc1)C1CCCN1CCO. The van der Waals surface area contributed by atoms with E-state index in [0.717, 1.165) is 55.1 Å². The molecule has 3 N–H and O–H groups in total. The summed E-state index contributed by atoms with van der Waals surface area (Å²) in [4.78, 5) is 26.3. The molecule has 2 aliphatic rings. The summed E-state index contributed by atoms with van der Waals surface area (Å²) in [5.41, 5.74) is 4.71. The molecule has 5 rings (SSSR count). The van der Waals surface area contributed by atoms with Crippen LogP contribution in [-0.4, -0.2) is 64.7 Å². The largest absolute Gasteiger partial charge is 0.395 e. The van der Waals surface area contributed by atoms with Crippen LogP contribution in [0.3, 0.4) is 0 Å². The van der Waals surface area contributed by atoms with Gasteiger partial charge >= 0.3 is 0 Å². The zero-order valence-corrected chi connectivity index (χ0v) is 20.6. The molecule has 188 valence electrons. The van der Waals surface area contributed by atoms with Crippen molar-refractivity contribution in [3.8, 4) is 11.3 Å². The Hall–Kier alpha value is -3.49. The summed E-state index contributed by atoms with van der Waals surface area (Å²) in [6, 6.07) is 17.8. The third-order valence-electron chi connectivity index (χ3n) is 7.00. The molecule has 8 heteroatoms. The van der Waals surface area contributed by atoms with Gasteiger partial charge in [-0.15, -0.1) is 0 Å². The molecule has 2 aromatic carbocycles. The van der Waals surface area contributed by atoms with Gasteiger partial charge in [-0.05, 0) is 81.1 Å². The van der Waals surface area contributed by atoms with E-state index in [1.54, 1.807) is 6.20 Å². The number of nitrogens with one attached hydrogen (secondary N) is 2. The van der Waals surface area contributed by atoms with Crippen molar-refractivity contribution in [2.75, 3.05) is 48.3 Å². The second-order valence-corrected chi connectivity index (χ2v) is 9.47. The normalized spacial score (nSPS) is 18.2. The number of carbonyl (C=O) groups is 1. The van der Waals surface area contributed by atoms with Crippen LogP contribution >= 0.6 is 0 Å². The van der Waals surface area contributed by atoms with E-state index in [9.17, 15) is 9.90 Å². The molecule has 3 heterocycles. The first-order valence-corrected chi connectivity index (χ1v) is 12.9. The van der Waals surface area contributed by atoms with Crippen LogP contribution in [0.4, 0.5) is 23.0 Å². The fraction of sp³-hybridized carbons (Fsp3) is 0.393. The Bertz CT molecular complexity index is 1150. The molecule has 0 spiro atoms. The minimum absolute atomic E-state index is 0.0199. The Kier molecular flexibility index (Phi) is 7.73. The van der Waals surface area contributed by atoms with Crippen LogP contribution in [0.5, 0.6) is 0 Å². The van der Waals surface area contributed by atoms with E-state index in [1.807, 2.05) is 35.2 Å². The fourth-order valence-corrected chi connectivity index (χ4v) is 5.09. The standard InChI is InChI=1S/C28H34N6O2/c35-20-19-34-18-4-5-26(34)27(36)30-22-8-6-21(7-9-22)25-14-15-29-28(32-25)31-23-10-12-24(13-11-23)33-16-2-1-3-17-33/h6-15,26,35H,1-5,16-20H2,(H,30,36)(H,29,31,32). The zero-order chi connectivity index (χ0) is 24.7. The van der Waals surface area contributed by atoms with Crippen LogP contribution in [-0.2, 0) is 4.79 Å². The van der Waals surface area contributed by atoms with Gasteiger partial charge in [-0.3, -0.25) is 9.69 Å². The van der Waals surface area contributed by atoms with Crippen molar-refractivity contribution in [3.05, 3.63) is 60.8 Å². The number of aliphatic hydroxyl groups excluding tert-OH is 1. The van der Waals surface area contributed by atoms with Gasteiger partial charge in [-0.2, -0.15) is 0 Å². The van der Waals surface area contributed by atoms with Crippen molar-refractivity contribution >= 4 is 28.9 Å². The highest BCUT2D eigenvalue weighted by molar-refractivity contribution is 5.95. The third kappa shape index (κ3) is 5.83. The van der Waals surface area contributed by atoms with Gasteiger partial charge in [-0.25, -0.2) is 9.97 Å². The van der Waals surface area contributed by atoms with Gasteiger partial charge in [0.25, 0.3) is 0 Å². The van der Waals surface area contributed by atoms with Crippen LogP contribution in [0.15, 0.2) is 60.8 Å². The molecule has 1 atom stereocenters. The molecule has 0 radical (unpaired) electrons. The number of hydrogen-bond acceptors (Lipinski definition) is 7. The second kappa shape index (κ2) is 11.5. The first-order chi connectivity index (χ1) is 17.7. The topological polar surface area (TPSA) is 93.6 Å². The van der Waals surface area contributed by atoms with E-state index in [0.29, 0.717) is 12.5 Å². The highest BCUT2D eigenvalue weighted by atomic mass is 16.3. The number of likely N-dealkylation sites (tertiary alicyclic amines) is 1. The van der Waals surface area contributed by atoms with Crippen molar-refractivity contribution < 1.29 is 9.90 Å². The van der Waals surface area contributed by atoms with Crippen molar-refractivity contribution in [3.63, 3.8) is 0 Å². The van der Waals surface area contributed by atoms with E-state index < -0.39 is 0 Å². The molecule has 36 heavy (non-hydrogen) atoms. The van der Waals surface area contributed by atoms with Crippen molar-refractivity contribution in [2.45, 2.75) is 38.1 Å². The average Bonchev–Trinajstić information content (AvgIpc) is 3.39. The Labute approximate surface area is 212 Å². The molecule has 2 aliphatic heterocycles. The summed E-state index contributed by atoms with van der Waals surface area (Å²) in [6.45, 7) is 3.71. The molecule has 8 nitrogen and oxygen atoms in total. The highest BCUT2D eigenvalue weighted by Crippen LogP contribution is 2.25. The van der Waals surface area contributed by atoms with Crippen molar-refractivity contribution in [2.24, 2.45) is 0 Å². The van der Waals surface area contributed by atoms with Gasteiger partial charge in [-0.1, -0.05) is 12.1 Å². The first kappa shape index (κ1) is 24.2. The van der Waals surface area contributed by atoms with Crippen LogP contribution in [0.25, 0.3) is 11.3 Å². The molecular weight excluding hydrogens is 452 g/mol. The van der Waals surface area contributed by atoms with Crippen molar-refractivity contribution in [1.82, 2.24) is 14.9 Å². The Morgan fingerprint density at radius 3 is 2.42 bits per heavy atom. The number of β-amino-alcohol motifs (C(OH)–C–C–N with tert-alkyl or cyclic N) is 1. The quantitative estimate of drug-likeness (QED) is 0.438. The molecular formula is C28H34N6O2. The first-order valence-electron chi connectivity index (χ1n) is 12.9. The molecule has 2 saturated heterocycles. The van der Waals surface area contributed by atoms with Gasteiger partial charge < -0.3 is 20.6 Å². The Balaban J connectivity index is 1.21. The number of carbonyl (C=O) groups excluding carboxylic acids is 1. The summed E-state index contributed by atoms with van der Waals surface area (Å²) >= 11 is 0. The monoisotopic (exact) mass is 486 g/mol. The Morgan fingerprint density at radius 2 is 1.67 bits per heavy atom. The number of benzene rings is 2. The highest BCUT2D eigenvalue weighted by Gasteiger charge is 2.30. The fourth-order valence-electron chi connectivity index (χ4n) is 5.09. The number of nitrogens with zero attached hydrogens (tertiary/aromatic N) is 4. The lowest BCUT2D eigenvalue weighted by Gasteiger charge is -2.28. The maximum atomic E-state index is 12.7. The maximum absolute atomic E-state index is 12.7. The van der Waals surface area contributed by atoms with E-state index >= 15 is 0 Å². The van der Waals surface area contributed by atoms with Gasteiger partial charge in [0, 0.05) is 48.5 Å². The van der Waals surface area contributed by atoms with Gasteiger partial charge in [0.15, 0.2) is 0 Å². The average molecular weight is 487 g/mol. The molecule has 1 amide bonds. The molecule has 0 aliphatic carbocycles. The number of amides is 1. The number of aromatic nitrogens is 2. The number of aliphatic hydroxyl groups is 1. The molecule has 0 saturated carbocycles. The molecule has 1 aromatic heterocycles. The molecule has 3 aromatic rings. The smallest absolute Gasteiger partial charge is 0.241 e. The summed E-state index contributed by atoms with van der Waals surface area (Å²) in [5, 5.41) is 15.5. The van der Waals surface area contributed by atoms with E-state index in [-0.39, 0.29) is 18.6 Å².